The monoisotopic (exact) mass is 256 g/mol. The Morgan fingerprint density at radius 3 is 1.39 bits per heavy atom. The minimum atomic E-state index is 0.642. The minimum absolute atomic E-state index is 0.642. The molecule has 2 unspecified atom stereocenters. The van der Waals surface area contributed by atoms with Crippen molar-refractivity contribution in [2.45, 2.75) is 76.9 Å². The van der Waals surface area contributed by atoms with Gasteiger partial charge in [0.25, 0.3) is 0 Å². The Labute approximate surface area is 111 Å². The summed E-state index contributed by atoms with van der Waals surface area (Å²) in [5.41, 5.74) is 0. The van der Waals surface area contributed by atoms with Gasteiger partial charge in [0, 0.05) is 0 Å². The van der Waals surface area contributed by atoms with Crippen LogP contribution in [0.1, 0.15) is 64.7 Å². The summed E-state index contributed by atoms with van der Waals surface area (Å²) in [7, 11) is 0. The molecule has 2 aliphatic heterocycles. The summed E-state index contributed by atoms with van der Waals surface area (Å²) in [5, 5.41) is 0. The average molecular weight is 256 g/mol. The minimum Gasteiger partial charge on any atom is -0.373 e. The largest absolute Gasteiger partial charge is 0.373 e. The number of carbonyl (C=O) groups is 1. The Kier molecular flexibility index (Phi) is 9.13. The first-order valence-electron chi connectivity index (χ1n) is 7.49. The molecule has 3 heteroatoms. The molecule has 0 radical (unpaired) electrons. The van der Waals surface area contributed by atoms with Crippen LogP contribution < -0.4 is 0 Å². The van der Waals surface area contributed by atoms with Crippen molar-refractivity contribution in [3.05, 3.63) is 0 Å². The van der Waals surface area contributed by atoms with Gasteiger partial charge < -0.3 is 14.3 Å². The van der Waals surface area contributed by atoms with Gasteiger partial charge in [-0.1, -0.05) is 44.9 Å². The molecule has 0 amide bonds. The molecule has 0 saturated carbocycles. The molecular weight excluding hydrogens is 228 g/mol. The average Bonchev–Trinajstić information content (AvgIpc) is 3.23. The van der Waals surface area contributed by atoms with Gasteiger partial charge in [0.1, 0.15) is 6.29 Å². The summed E-state index contributed by atoms with van der Waals surface area (Å²) in [5.74, 6) is 0. The highest BCUT2D eigenvalue weighted by atomic mass is 16.6. The van der Waals surface area contributed by atoms with Gasteiger partial charge in [-0.3, -0.25) is 0 Å². The lowest BCUT2D eigenvalue weighted by Gasteiger charge is -2.00. The maximum atomic E-state index is 8.81. The highest BCUT2D eigenvalue weighted by molar-refractivity contribution is 5.44. The predicted molar refractivity (Wildman–Crippen MR) is 72.8 cm³/mol. The second-order valence-electron chi connectivity index (χ2n) is 5.20. The fourth-order valence-electron chi connectivity index (χ4n) is 2.10. The standard InChI is InChI=1S/C13H24O2.C2H4O/c1(2-4-6-8-12-10-14-12)3-5-7-9-13-11-15-13;1-2-3/h12-13H,1-11H2;2H,1H3. The third-order valence-electron chi connectivity index (χ3n) is 3.36. The van der Waals surface area contributed by atoms with Crippen LogP contribution in [-0.2, 0) is 14.3 Å². The Hall–Kier alpha value is -0.410. The van der Waals surface area contributed by atoms with Crippen LogP contribution in [-0.4, -0.2) is 31.7 Å². The number of hydrogen-bond acceptors (Lipinski definition) is 3. The lowest BCUT2D eigenvalue weighted by Crippen LogP contribution is -1.87. The second-order valence-corrected chi connectivity index (χ2v) is 5.20. The molecule has 3 nitrogen and oxygen atoms in total. The Morgan fingerprint density at radius 2 is 1.11 bits per heavy atom. The molecule has 2 rings (SSSR count). The highest BCUT2D eigenvalue weighted by Crippen LogP contribution is 2.19. The molecule has 0 aromatic carbocycles. The Balaban J connectivity index is 0.000000492. The summed E-state index contributed by atoms with van der Waals surface area (Å²) in [6.07, 6.45) is 14.5. The molecule has 0 aromatic heterocycles. The van der Waals surface area contributed by atoms with Crippen LogP contribution in [0.4, 0.5) is 0 Å². The fraction of sp³-hybridized carbons (Fsp3) is 0.933. The van der Waals surface area contributed by atoms with Crippen LogP contribution in [0.5, 0.6) is 0 Å². The summed E-state index contributed by atoms with van der Waals surface area (Å²) in [6, 6.07) is 0. The van der Waals surface area contributed by atoms with E-state index < -0.39 is 0 Å². The van der Waals surface area contributed by atoms with E-state index >= 15 is 0 Å². The lowest BCUT2D eigenvalue weighted by molar-refractivity contribution is -0.106. The van der Waals surface area contributed by atoms with Crippen LogP contribution >= 0.6 is 0 Å². The summed E-state index contributed by atoms with van der Waals surface area (Å²) in [4.78, 5) is 8.81. The van der Waals surface area contributed by atoms with Gasteiger partial charge >= 0.3 is 0 Å². The van der Waals surface area contributed by atoms with Crippen molar-refractivity contribution in [1.82, 2.24) is 0 Å². The van der Waals surface area contributed by atoms with Gasteiger partial charge in [0.2, 0.25) is 0 Å². The summed E-state index contributed by atoms with van der Waals surface area (Å²) in [6.45, 7) is 3.51. The van der Waals surface area contributed by atoms with Crippen molar-refractivity contribution in [2.75, 3.05) is 13.2 Å². The number of hydrogen-bond donors (Lipinski definition) is 0. The van der Waals surface area contributed by atoms with E-state index in [0.717, 1.165) is 19.5 Å². The second kappa shape index (κ2) is 10.5. The number of carbonyl (C=O) groups excluding carboxylic acids is 1. The van der Waals surface area contributed by atoms with Gasteiger partial charge in [-0.25, -0.2) is 0 Å². The quantitative estimate of drug-likeness (QED) is 0.341. The van der Waals surface area contributed by atoms with Crippen molar-refractivity contribution >= 4 is 6.29 Å². The third-order valence-corrected chi connectivity index (χ3v) is 3.36. The van der Waals surface area contributed by atoms with Crippen LogP contribution in [0.3, 0.4) is 0 Å². The number of ether oxygens (including phenoxy) is 2. The predicted octanol–water partition coefficient (Wildman–Crippen LogP) is 3.50. The topological polar surface area (TPSA) is 42.1 Å². The molecule has 0 aromatic rings. The van der Waals surface area contributed by atoms with E-state index in [-0.39, 0.29) is 0 Å². The SMILES string of the molecule is C(CCCCC1CO1)CCCCC1CO1.CC=O. The van der Waals surface area contributed by atoms with Gasteiger partial charge in [-0.15, -0.1) is 0 Å². The summed E-state index contributed by atoms with van der Waals surface area (Å²) >= 11 is 0. The van der Waals surface area contributed by atoms with E-state index in [1.807, 2.05) is 0 Å². The number of rotatable bonds is 10. The zero-order valence-corrected chi connectivity index (χ0v) is 11.7. The molecule has 2 atom stereocenters. The summed E-state index contributed by atoms with van der Waals surface area (Å²) < 4.78 is 10.4. The van der Waals surface area contributed by atoms with Crippen molar-refractivity contribution in [2.24, 2.45) is 0 Å². The van der Waals surface area contributed by atoms with E-state index in [0.29, 0.717) is 12.2 Å². The van der Waals surface area contributed by atoms with Crippen LogP contribution in [0.15, 0.2) is 0 Å². The number of aldehydes is 1. The first-order valence-corrected chi connectivity index (χ1v) is 7.49. The molecule has 2 heterocycles. The van der Waals surface area contributed by atoms with Gasteiger partial charge in [-0.2, -0.15) is 0 Å². The Morgan fingerprint density at radius 1 is 0.833 bits per heavy atom. The molecule has 2 fully saturated rings. The smallest absolute Gasteiger partial charge is 0.116 e. The first kappa shape index (κ1) is 15.6. The van der Waals surface area contributed by atoms with Crippen LogP contribution in [0.25, 0.3) is 0 Å². The highest BCUT2D eigenvalue weighted by Gasteiger charge is 2.21. The van der Waals surface area contributed by atoms with E-state index in [9.17, 15) is 0 Å². The van der Waals surface area contributed by atoms with E-state index in [1.54, 1.807) is 0 Å². The van der Waals surface area contributed by atoms with Gasteiger partial charge in [0.05, 0.1) is 25.4 Å². The van der Waals surface area contributed by atoms with Gasteiger partial charge in [-0.05, 0) is 19.8 Å². The van der Waals surface area contributed by atoms with Crippen LogP contribution in [0.2, 0.25) is 0 Å². The van der Waals surface area contributed by atoms with Crippen molar-refractivity contribution < 1.29 is 14.3 Å². The lowest BCUT2D eigenvalue weighted by atomic mass is 10.1. The van der Waals surface area contributed by atoms with E-state index in [4.69, 9.17) is 14.3 Å². The zero-order chi connectivity index (χ0) is 13.1. The van der Waals surface area contributed by atoms with Crippen molar-refractivity contribution in [3.63, 3.8) is 0 Å². The van der Waals surface area contributed by atoms with Crippen molar-refractivity contribution in [1.29, 1.82) is 0 Å². The Bertz CT molecular complexity index is 180. The third kappa shape index (κ3) is 10.7. The molecule has 106 valence electrons. The number of unbranched alkanes of at least 4 members (excludes halogenated alkanes) is 6. The molecule has 0 N–H and O–H groups in total. The molecule has 18 heavy (non-hydrogen) atoms. The molecule has 0 aliphatic carbocycles. The molecule has 2 aliphatic rings. The van der Waals surface area contributed by atoms with E-state index in [1.165, 1.54) is 64.7 Å². The van der Waals surface area contributed by atoms with E-state index in [2.05, 4.69) is 0 Å². The maximum absolute atomic E-state index is 8.81. The molecule has 0 bridgehead atoms. The van der Waals surface area contributed by atoms with Crippen molar-refractivity contribution in [3.8, 4) is 0 Å². The normalized spacial score (nSPS) is 24.1. The fourth-order valence-corrected chi connectivity index (χ4v) is 2.10. The number of epoxide rings is 2. The first-order chi connectivity index (χ1) is 8.86. The molecular formula is C15H28O3. The molecule has 2 saturated heterocycles. The molecule has 0 spiro atoms. The maximum Gasteiger partial charge on any atom is 0.116 e. The van der Waals surface area contributed by atoms with Gasteiger partial charge in [0.15, 0.2) is 0 Å². The van der Waals surface area contributed by atoms with Crippen LogP contribution in [0, 0.1) is 0 Å². The zero-order valence-electron chi connectivity index (χ0n) is 11.7.